The maximum absolute atomic E-state index is 13.1. The quantitative estimate of drug-likeness (QED) is 0.661. The molecule has 0 spiro atoms. The topological polar surface area (TPSA) is 30.2 Å². The summed E-state index contributed by atoms with van der Waals surface area (Å²) < 4.78 is 27.9. The highest BCUT2D eigenvalue weighted by Gasteiger charge is 2.07. The van der Waals surface area contributed by atoms with Crippen molar-refractivity contribution >= 4 is 5.52 Å². The summed E-state index contributed by atoms with van der Waals surface area (Å²) in [6, 6.07) is 6.13. The van der Waals surface area contributed by atoms with Crippen LogP contribution in [0.5, 0.6) is 0 Å². The van der Waals surface area contributed by atoms with Crippen LogP contribution in [-0.4, -0.2) is 14.6 Å². The van der Waals surface area contributed by atoms with Crippen LogP contribution in [0.3, 0.4) is 0 Å². The number of hydrogen-bond acceptors (Lipinski definition) is 2. The lowest BCUT2D eigenvalue weighted by Crippen LogP contribution is -1.93. The van der Waals surface area contributed by atoms with Crippen LogP contribution >= 0.6 is 0 Å². The fraction of sp³-hybridized carbons (Fsp3) is 0.143. The average Bonchev–Trinajstić information content (AvgIpc) is 2.79. The second-order valence-electron chi connectivity index (χ2n) is 4.27. The molecule has 0 radical (unpaired) electrons. The third-order valence-corrected chi connectivity index (χ3v) is 3.07. The van der Waals surface area contributed by atoms with E-state index in [1.165, 1.54) is 12.1 Å². The molecule has 96 valence electrons. The zero-order chi connectivity index (χ0) is 13.4. The number of hydrogen-bond donors (Lipinski definition) is 0. The van der Waals surface area contributed by atoms with Gasteiger partial charge in [0.05, 0.1) is 11.7 Å². The maximum Gasteiger partial charge on any atom is 0.216 e. The Morgan fingerprint density at radius 2 is 1.84 bits per heavy atom. The number of pyridine rings is 2. The van der Waals surface area contributed by atoms with Crippen LogP contribution < -0.4 is 0 Å². The molecule has 0 bridgehead atoms. The number of rotatable bonds is 2. The van der Waals surface area contributed by atoms with Crippen LogP contribution in [0.15, 0.2) is 36.7 Å². The van der Waals surface area contributed by atoms with Gasteiger partial charge < -0.3 is 0 Å². The smallest absolute Gasteiger partial charge is 0.216 e. The van der Waals surface area contributed by atoms with Gasteiger partial charge in [-0.15, -0.1) is 0 Å². The van der Waals surface area contributed by atoms with Crippen LogP contribution in [0, 0.1) is 11.9 Å². The predicted molar refractivity (Wildman–Crippen MR) is 67.7 cm³/mol. The molecular formula is C14H11F2N3. The average molecular weight is 259 g/mol. The monoisotopic (exact) mass is 259 g/mol. The summed E-state index contributed by atoms with van der Waals surface area (Å²) in [7, 11) is 0. The van der Waals surface area contributed by atoms with E-state index in [0.717, 1.165) is 17.5 Å². The van der Waals surface area contributed by atoms with Crippen molar-refractivity contribution < 1.29 is 8.78 Å². The van der Waals surface area contributed by atoms with Crippen LogP contribution in [0.25, 0.3) is 16.6 Å². The number of halogens is 2. The summed E-state index contributed by atoms with van der Waals surface area (Å²) in [6.07, 6.45) is 4.44. The third-order valence-electron chi connectivity index (χ3n) is 3.07. The number of aryl methyl sites for hydroxylation is 1. The molecule has 3 heterocycles. The van der Waals surface area contributed by atoms with E-state index >= 15 is 0 Å². The summed E-state index contributed by atoms with van der Waals surface area (Å²) >= 11 is 0. The summed E-state index contributed by atoms with van der Waals surface area (Å²) in [5.74, 6) is -1.66. The van der Waals surface area contributed by atoms with E-state index in [0.29, 0.717) is 11.1 Å². The van der Waals surface area contributed by atoms with Crippen molar-refractivity contribution in [3.63, 3.8) is 0 Å². The second-order valence-corrected chi connectivity index (χ2v) is 4.27. The Bertz CT molecular complexity index is 729. The standard InChI is InChI=1S/C14H11F2N3/c1-2-9-7-17-19-8-10(3-4-12(9)19)11-5-13(15)18-14(16)6-11/h3-8H,2H2,1H3. The van der Waals surface area contributed by atoms with Gasteiger partial charge in [0.1, 0.15) is 0 Å². The summed E-state index contributed by atoms with van der Waals surface area (Å²) in [6.45, 7) is 2.05. The van der Waals surface area contributed by atoms with Crippen molar-refractivity contribution in [1.82, 2.24) is 14.6 Å². The molecule has 5 heteroatoms. The van der Waals surface area contributed by atoms with E-state index in [9.17, 15) is 8.78 Å². The molecule has 0 aromatic carbocycles. The van der Waals surface area contributed by atoms with E-state index in [4.69, 9.17) is 0 Å². The fourth-order valence-corrected chi connectivity index (χ4v) is 2.11. The summed E-state index contributed by atoms with van der Waals surface area (Å²) in [5, 5.41) is 4.23. The maximum atomic E-state index is 13.1. The molecule has 0 aliphatic rings. The van der Waals surface area contributed by atoms with Crippen molar-refractivity contribution in [1.29, 1.82) is 0 Å². The van der Waals surface area contributed by atoms with E-state index in [1.807, 2.05) is 12.1 Å². The molecule has 0 atom stereocenters. The minimum absolute atomic E-state index is 0.445. The molecular weight excluding hydrogens is 248 g/mol. The van der Waals surface area contributed by atoms with Crippen LogP contribution in [0.2, 0.25) is 0 Å². The highest BCUT2D eigenvalue weighted by atomic mass is 19.1. The molecule has 0 aliphatic heterocycles. The van der Waals surface area contributed by atoms with Gasteiger partial charge in [-0.05, 0) is 23.6 Å². The molecule has 0 amide bonds. The molecule has 3 aromatic heterocycles. The van der Waals surface area contributed by atoms with Gasteiger partial charge in [-0.25, -0.2) is 4.52 Å². The molecule has 0 unspecified atom stereocenters. The Morgan fingerprint density at radius 3 is 2.53 bits per heavy atom. The molecule has 0 aliphatic carbocycles. The Labute approximate surface area is 108 Å². The van der Waals surface area contributed by atoms with Crippen molar-refractivity contribution in [3.05, 3.63) is 54.1 Å². The Balaban J connectivity index is 2.15. The lowest BCUT2D eigenvalue weighted by molar-refractivity contribution is 0.513. The SMILES string of the molecule is CCc1cnn2cc(-c3cc(F)nc(F)c3)ccc12. The van der Waals surface area contributed by atoms with Gasteiger partial charge in [0.15, 0.2) is 0 Å². The molecule has 3 nitrogen and oxygen atoms in total. The summed E-state index contributed by atoms with van der Waals surface area (Å²) in [5.41, 5.74) is 3.28. The Kier molecular flexibility index (Phi) is 2.74. The molecule has 19 heavy (non-hydrogen) atoms. The fourth-order valence-electron chi connectivity index (χ4n) is 2.11. The molecule has 3 rings (SSSR count). The zero-order valence-corrected chi connectivity index (χ0v) is 10.3. The Hall–Kier alpha value is -2.30. The molecule has 0 saturated heterocycles. The van der Waals surface area contributed by atoms with Crippen LogP contribution in [0.1, 0.15) is 12.5 Å². The number of aromatic nitrogens is 3. The first-order chi connectivity index (χ1) is 9.17. The van der Waals surface area contributed by atoms with Crippen LogP contribution in [0.4, 0.5) is 8.78 Å². The third kappa shape index (κ3) is 2.07. The lowest BCUT2D eigenvalue weighted by Gasteiger charge is -2.03. The molecule has 0 fully saturated rings. The van der Waals surface area contributed by atoms with Gasteiger partial charge in [-0.1, -0.05) is 13.0 Å². The number of nitrogens with zero attached hydrogens (tertiary/aromatic N) is 3. The number of fused-ring (bicyclic) bond motifs is 1. The molecule has 0 saturated carbocycles. The van der Waals surface area contributed by atoms with Crippen molar-refractivity contribution in [3.8, 4) is 11.1 Å². The summed E-state index contributed by atoms with van der Waals surface area (Å²) in [4.78, 5) is 3.08. The Morgan fingerprint density at radius 1 is 1.11 bits per heavy atom. The highest BCUT2D eigenvalue weighted by molar-refractivity contribution is 5.66. The minimum Gasteiger partial charge on any atom is -0.240 e. The second kappa shape index (κ2) is 4.42. The van der Waals surface area contributed by atoms with Gasteiger partial charge >= 0.3 is 0 Å². The largest absolute Gasteiger partial charge is 0.240 e. The van der Waals surface area contributed by atoms with Gasteiger partial charge in [0.25, 0.3) is 0 Å². The van der Waals surface area contributed by atoms with Crippen molar-refractivity contribution in [2.45, 2.75) is 13.3 Å². The van der Waals surface area contributed by atoms with Gasteiger partial charge in [-0.3, -0.25) is 0 Å². The van der Waals surface area contributed by atoms with Gasteiger partial charge in [0.2, 0.25) is 11.9 Å². The first-order valence-electron chi connectivity index (χ1n) is 5.97. The lowest BCUT2D eigenvalue weighted by atomic mass is 10.1. The van der Waals surface area contributed by atoms with E-state index in [2.05, 4.69) is 17.0 Å². The molecule has 3 aromatic rings. The normalized spacial score (nSPS) is 11.1. The first kappa shape index (κ1) is 11.8. The molecule has 0 N–H and O–H groups in total. The predicted octanol–water partition coefficient (Wildman–Crippen LogP) is 3.24. The van der Waals surface area contributed by atoms with Gasteiger partial charge in [-0.2, -0.15) is 18.9 Å². The zero-order valence-electron chi connectivity index (χ0n) is 10.3. The van der Waals surface area contributed by atoms with Crippen LogP contribution in [-0.2, 0) is 6.42 Å². The van der Waals surface area contributed by atoms with E-state index in [1.54, 1.807) is 16.9 Å². The van der Waals surface area contributed by atoms with E-state index in [-0.39, 0.29) is 0 Å². The van der Waals surface area contributed by atoms with Crippen molar-refractivity contribution in [2.24, 2.45) is 0 Å². The minimum atomic E-state index is -0.829. The first-order valence-corrected chi connectivity index (χ1v) is 5.97. The van der Waals surface area contributed by atoms with Gasteiger partial charge in [0, 0.05) is 23.9 Å². The van der Waals surface area contributed by atoms with E-state index < -0.39 is 11.9 Å². The highest BCUT2D eigenvalue weighted by Crippen LogP contribution is 2.22. The van der Waals surface area contributed by atoms with Crippen molar-refractivity contribution in [2.75, 3.05) is 0 Å².